The Bertz CT molecular complexity index is 129. The Morgan fingerprint density at radius 3 is 2.73 bits per heavy atom. The highest BCUT2D eigenvalue weighted by Crippen LogP contribution is 2.21. The maximum absolute atomic E-state index is 10.7. The van der Waals surface area contributed by atoms with Gasteiger partial charge in [-0.15, -0.1) is 0 Å². The summed E-state index contributed by atoms with van der Waals surface area (Å²) in [7, 11) is 0. The molecule has 0 radical (unpaired) electrons. The van der Waals surface area contributed by atoms with E-state index < -0.39 is 0 Å². The van der Waals surface area contributed by atoms with Gasteiger partial charge in [-0.3, -0.25) is 0 Å². The molecule has 1 saturated carbocycles. The summed E-state index contributed by atoms with van der Waals surface area (Å²) in [6.45, 7) is 2.35. The van der Waals surface area contributed by atoms with Crippen molar-refractivity contribution in [3.8, 4) is 0 Å². The van der Waals surface area contributed by atoms with E-state index in [9.17, 15) is 4.79 Å². The summed E-state index contributed by atoms with van der Waals surface area (Å²) in [6, 6.07) is 0. The highest BCUT2D eigenvalue weighted by atomic mass is 16.6. The van der Waals surface area contributed by atoms with Crippen LogP contribution in [0, 0.1) is 0 Å². The predicted molar refractivity (Wildman–Crippen MR) is 40.2 cm³/mol. The van der Waals surface area contributed by atoms with E-state index in [1.165, 1.54) is 6.42 Å². The molecule has 0 aromatic rings. The van der Waals surface area contributed by atoms with Crippen molar-refractivity contribution in [3.63, 3.8) is 0 Å². The third-order valence-electron chi connectivity index (χ3n) is 1.79. The highest BCUT2D eigenvalue weighted by molar-refractivity contribution is 5.70. The summed E-state index contributed by atoms with van der Waals surface area (Å²) in [6.07, 6.45) is 3.74. The molecule has 0 aromatic carbocycles. The fraction of sp³-hybridized carbons (Fsp3) is 0.875. The first-order chi connectivity index (χ1) is 5.33. The fourth-order valence-corrected chi connectivity index (χ4v) is 0.926. The van der Waals surface area contributed by atoms with Gasteiger partial charge >= 0.3 is 5.97 Å². The molecule has 64 valence electrons. The Hall–Kier alpha value is -0.570. The molecule has 1 aliphatic rings. The zero-order chi connectivity index (χ0) is 8.10. The number of carbonyl (C=O) groups is 1. The van der Waals surface area contributed by atoms with Crippen LogP contribution in [0.25, 0.3) is 0 Å². The third kappa shape index (κ3) is 2.89. The largest absolute Gasteiger partial charge is 0.464 e. The average molecular weight is 158 g/mol. The molecule has 0 aromatic heterocycles. The first-order valence-corrected chi connectivity index (χ1v) is 4.10. The molecule has 0 aliphatic heterocycles. The first kappa shape index (κ1) is 8.53. The lowest BCUT2D eigenvalue weighted by atomic mass is 9.96. The second-order valence-electron chi connectivity index (χ2n) is 2.67. The maximum atomic E-state index is 10.7. The van der Waals surface area contributed by atoms with Gasteiger partial charge in [0.1, 0.15) is 6.61 Å². The number of hydrogen-bond donors (Lipinski definition) is 0. The number of rotatable bonds is 4. The van der Waals surface area contributed by atoms with Gasteiger partial charge in [0.25, 0.3) is 0 Å². The topological polar surface area (TPSA) is 35.5 Å². The van der Waals surface area contributed by atoms with Crippen LogP contribution in [0.5, 0.6) is 0 Å². The molecule has 0 amide bonds. The van der Waals surface area contributed by atoms with Crippen LogP contribution in [0.3, 0.4) is 0 Å². The van der Waals surface area contributed by atoms with Crippen LogP contribution in [-0.4, -0.2) is 25.3 Å². The maximum Gasteiger partial charge on any atom is 0.332 e. The minimum absolute atomic E-state index is 0.124. The quantitative estimate of drug-likeness (QED) is 0.575. The van der Waals surface area contributed by atoms with Gasteiger partial charge < -0.3 is 9.47 Å². The molecule has 0 saturated heterocycles. The van der Waals surface area contributed by atoms with Crippen LogP contribution < -0.4 is 0 Å². The van der Waals surface area contributed by atoms with Crippen LogP contribution in [0.15, 0.2) is 0 Å². The van der Waals surface area contributed by atoms with E-state index in [0.717, 1.165) is 12.8 Å². The Morgan fingerprint density at radius 1 is 1.55 bits per heavy atom. The second-order valence-corrected chi connectivity index (χ2v) is 2.67. The van der Waals surface area contributed by atoms with Gasteiger partial charge in [-0.05, 0) is 26.2 Å². The summed E-state index contributed by atoms with van der Waals surface area (Å²) in [4.78, 5) is 10.7. The van der Waals surface area contributed by atoms with E-state index in [1.807, 2.05) is 0 Å². The molecule has 0 heterocycles. The van der Waals surface area contributed by atoms with E-state index in [0.29, 0.717) is 12.7 Å². The number of esters is 1. The fourth-order valence-electron chi connectivity index (χ4n) is 0.926. The monoisotopic (exact) mass is 158 g/mol. The zero-order valence-corrected chi connectivity index (χ0v) is 6.84. The first-order valence-electron chi connectivity index (χ1n) is 4.10. The molecule has 1 rings (SSSR count). The predicted octanol–water partition coefficient (Wildman–Crippen LogP) is 1.12. The molecule has 3 nitrogen and oxygen atoms in total. The molecule has 0 spiro atoms. The van der Waals surface area contributed by atoms with Crippen LogP contribution in [0.1, 0.15) is 26.2 Å². The van der Waals surface area contributed by atoms with Gasteiger partial charge in [0, 0.05) is 0 Å². The molecular formula is C8H14O3. The summed E-state index contributed by atoms with van der Waals surface area (Å²) in [5, 5.41) is 0. The summed E-state index contributed by atoms with van der Waals surface area (Å²) in [5.74, 6) is -0.251. The van der Waals surface area contributed by atoms with Crippen LogP contribution in [0.4, 0.5) is 0 Å². The number of carbonyl (C=O) groups excluding carboxylic acids is 1. The molecule has 3 heteroatoms. The van der Waals surface area contributed by atoms with Crippen molar-refractivity contribution in [3.05, 3.63) is 0 Å². The molecule has 1 aliphatic carbocycles. The Morgan fingerprint density at radius 2 is 2.27 bits per heavy atom. The van der Waals surface area contributed by atoms with Crippen LogP contribution in [-0.2, 0) is 14.3 Å². The molecule has 0 atom stereocenters. The normalized spacial score (nSPS) is 17.5. The highest BCUT2D eigenvalue weighted by Gasteiger charge is 2.18. The van der Waals surface area contributed by atoms with E-state index >= 15 is 0 Å². The summed E-state index contributed by atoms with van der Waals surface area (Å²) in [5.41, 5.74) is 0. The molecule has 1 fully saturated rings. The Labute approximate surface area is 66.7 Å². The van der Waals surface area contributed by atoms with Gasteiger partial charge in [-0.1, -0.05) is 0 Å². The van der Waals surface area contributed by atoms with Gasteiger partial charge in [0.05, 0.1) is 12.7 Å². The van der Waals surface area contributed by atoms with Gasteiger partial charge in [0.15, 0.2) is 0 Å². The molecule has 11 heavy (non-hydrogen) atoms. The lowest BCUT2D eigenvalue weighted by molar-refractivity contribution is -0.152. The van der Waals surface area contributed by atoms with Gasteiger partial charge in [-0.25, -0.2) is 4.79 Å². The molecule has 0 unspecified atom stereocenters. The van der Waals surface area contributed by atoms with Crippen molar-refractivity contribution in [2.24, 2.45) is 0 Å². The van der Waals surface area contributed by atoms with E-state index in [-0.39, 0.29) is 12.6 Å². The van der Waals surface area contributed by atoms with Crippen molar-refractivity contribution in [2.75, 3.05) is 13.2 Å². The molecule has 0 bridgehead atoms. The zero-order valence-electron chi connectivity index (χ0n) is 6.84. The Balaban J connectivity index is 1.96. The summed E-state index contributed by atoms with van der Waals surface area (Å²) < 4.78 is 9.91. The van der Waals surface area contributed by atoms with Crippen molar-refractivity contribution in [2.45, 2.75) is 32.3 Å². The summed E-state index contributed by atoms with van der Waals surface area (Å²) >= 11 is 0. The number of ether oxygens (including phenoxy) is 2. The van der Waals surface area contributed by atoms with Gasteiger partial charge in [-0.2, -0.15) is 0 Å². The van der Waals surface area contributed by atoms with Crippen molar-refractivity contribution in [1.82, 2.24) is 0 Å². The minimum atomic E-state index is -0.251. The SMILES string of the molecule is CCOC(=O)COC1CCC1. The standard InChI is InChI=1S/C8H14O3/c1-2-10-8(9)6-11-7-4-3-5-7/h7H,2-6H2,1H3. The molecular weight excluding hydrogens is 144 g/mol. The lowest BCUT2D eigenvalue weighted by Crippen LogP contribution is -2.25. The van der Waals surface area contributed by atoms with Crippen molar-refractivity contribution < 1.29 is 14.3 Å². The van der Waals surface area contributed by atoms with Crippen LogP contribution in [0.2, 0.25) is 0 Å². The third-order valence-corrected chi connectivity index (χ3v) is 1.79. The van der Waals surface area contributed by atoms with E-state index in [4.69, 9.17) is 9.47 Å². The smallest absolute Gasteiger partial charge is 0.332 e. The molecule has 0 N–H and O–H groups in total. The Kier molecular flexibility index (Phi) is 3.36. The van der Waals surface area contributed by atoms with Crippen molar-refractivity contribution >= 4 is 5.97 Å². The van der Waals surface area contributed by atoms with E-state index in [1.54, 1.807) is 6.92 Å². The van der Waals surface area contributed by atoms with Crippen LogP contribution >= 0.6 is 0 Å². The van der Waals surface area contributed by atoms with E-state index in [2.05, 4.69) is 0 Å². The minimum Gasteiger partial charge on any atom is -0.464 e. The van der Waals surface area contributed by atoms with Gasteiger partial charge in [0.2, 0.25) is 0 Å². The second kappa shape index (κ2) is 4.34. The average Bonchev–Trinajstić information content (AvgIpc) is 1.85. The lowest BCUT2D eigenvalue weighted by Gasteiger charge is -2.24. The number of hydrogen-bond acceptors (Lipinski definition) is 3. The van der Waals surface area contributed by atoms with Crippen molar-refractivity contribution in [1.29, 1.82) is 0 Å².